The zero-order valence-electron chi connectivity index (χ0n) is 10.1. The van der Waals surface area contributed by atoms with Gasteiger partial charge in [-0.1, -0.05) is 17.7 Å². The lowest BCUT2D eigenvalue weighted by molar-refractivity contribution is -0.147. The van der Waals surface area contributed by atoms with E-state index in [1.807, 2.05) is 13.0 Å². The first-order valence-corrected chi connectivity index (χ1v) is 5.51. The third kappa shape index (κ3) is 3.61. The van der Waals surface area contributed by atoms with Crippen LogP contribution in [0, 0.1) is 6.92 Å². The van der Waals surface area contributed by atoms with Crippen LogP contribution in [0.5, 0.6) is 5.75 Å². The van der Waals surface area contributed by atoms with Crippen LogP contribution < -0.4 is 10.5 Å². The van der Waals surface area contributed by atoms with Crippen LogP contribution in [0.25, 0.3) is 0 Å². The molecule has 0 aliphatic rings. The fourth-order valence-corrected chi connectivity index (χ4v) is 1.41. The molecule has 17 heavy (non-hydrogen) atoms. The van der Waals surface area contributed by atoms with Crippen LogP contribution in [0.3, 0.4) is 0 Å². The molecule has 0 fully saturated rings. The predicted octanol–water partition coefficient (Wildman–Crippen LogP) is 1.92. The lowest BCUT2D eigenvalue weighted by atomic mass is 10.1. The Morgan fingerprint density at radius 1 is 1.53 bits per heavy atom. The molecule has 4 nitrogen and oxygen atoms in total. The first-order chi connectivity index (χ1) is 7.86. The molecular formula is C12H16ClNO3. The lowest BCUT2D eigenvalue weighted by Crippen LogP contribution is -2.50. The van der Waals surface area contributed by atoms with Gasteiger partial charge < -0.3 is 15.2 Å². The van der Waals surface area contributed by atoms with E-state index in [2.05, 4.69) is 4.74 Å². The van der Waals surface area contributed by atoms with Gasteiger partial charge in [0.2, 0.25) is 0 Å². The summed E-state index contributed by atoms with van der Waals surface area (Å²) < 4.78 is 10.0. The molecule has 0 bridgehead atoms. The Labute approximate surface area is 106 Å². The summed E-state index contributed by atoms with van der Waals surface area (Å²) in [6.45, 7) is 3.47. The normalized spacial score (nSPS) is 13.9. The average molecular weight is 258 g/mol. The van der Waals surface area contributed by atoms with Crippen molar-refractivity contribution in [2.75, 3.05) is 13.7 Å². The highest BCUT2D eigenvalue weighted by molar-refractivity contribution is 6.32. The standard InChI is InChI=1S/C12H16ClNO3/c1-8-4-5-9(13)10(6-8)17-7-12(2,14)11(15)16-3/h4-6H,7,14H2,1-3H3. The van der Waals surface area contributed by atoms with Crippen LogP contribution in [0.2, 0.25) is 5.02 Å². The van der Waals surface area contributed by atoms with Crippen LogP contribution in [-0.2, 0) is 9.53 Å². The highest BCUT2D eigenvalue weighted by atomic mass is 35.5. The Hall–Kier alpha value is -1.26. The zero-order chi connectivity index (χ0) is 13.1. The van der Waals surface area contributed by atoms with E-state index < -0.39 is 11.5 Å². The third-order valence-electron chi connectivity index (χ3n) is 2.27. The quantitative estimate of drug-likeness (QED) is 0.837. The first kappa shape index (κ1) is 13.8. The Kier molecular flexibility index (Phi) is 4.37. The summed E-state index contributed by atoms with van der Waals surface area (Å²) in [4.78, 5) is 11.3. The number of rotatable bonds is 4. The molecule has 94 valence electrons. The molecule has 0 aliphatic heterocycles. The maximum Gasteiger partial charge on any atom is 0.329 e. The Morgan fingerprint density at radius 3 is 2.76 bits per heavy atom. The summed E-state index contributed by atoms with van der Waals surface area (Å²) in [7, 11) is 1.28. The molecule has 2 N–H and O–H groups in total. The molecule has 1 aromatic rings. The van der Waals surface area contributed by atoms with Crippen LogP contribution in [-0.4, -0.2) is 25.2 Å². The van der Waals surface area contributed by atoms with E-state index in [4.69, 9.17) is 22.1 Å². The molecule has 1 rings (SSSR count). The topological polar surface area (TPSA) is 61.5 Å². The molecule has 0 saturated carbocycles. The lowest BCUT2D eigenvalue weighted by Gasteiger charge is -2.22. The molecule has 1 unspecified atom stereocenters. The van der Waals surface area contributed by atoms with E-state index in [-0.39, 0.29) is 6.61 Å². The number of nitrogens with two attached hydrogens (primary N) is 1. The molecule has 1 atom stereocenters. The van der Waals surface area contributed by atoms with E-state index >= 15 is 0 Å². The average Bonchev–Trinajstić information content (AvgIpc) is 2.29. The van der Waals surface area contributed by atoms with Gasteiger partial charge in [-0.3, -0.25) is 0 Å². The van der Waals surface area contributed by atoms with Crippen molar-refractivity contribution >= 4 is 17.6 Å². The van der Waals surface area contributed by atoms with Crippen molar-refractivity contribution in [1.29, 1.82) is 0 Å². The van der Waals surface area contributed by atoms with E-state index in [9.17, 15) is 4.79 Å². The SMILES string of the molecule is COC(=O)C(C)(N)COc1cc(C)ccc1Cl. The fourth-order valence-electron chi connectivity index (χ4n) is 1.24. The summed E-state index contributed by atoms with van der Waals surface area (Å²) in [5.74, 6) is -0.0199. The minimum atomic E-state index is -1.19. The van der Waals surface area contributed by atoms with Crippen molar-refractivity contribution in [3.05, 3.63) is 28.8 Å². The number of methoxy groups -OCH3 is 1. The number of halogens is 1. The fraction of sp³-hybridized carbons (Fsp3) is 0.417. The van der Waals surface area contributed by atoms with Crippen LogP contribution in [0.1, 0.15) is 12.5 Å². The Bertz CT molecular complexity index is 418. The van der Waals surface area contributed by atoms with E-state index in [1.54, 1.807) is 19.1 Å². The molecule has 1 aromatic carbocycles. The third-order valence-corrected chi connectivity index (χ3v) is 2.58. The van der Waals surface area contributed by atoms with Crippen LogP contribution in [0.15, 0.2) is 18.2 Å². The van der Waals surface area contributed by atoms with E-state index in [1.165, 1.54) is 7.11 Å². The van der Waals surface area contributed by atoms with Gasteiger partial charge in [0.15, 0.2) is 0 Å². The van der Waals surface area contributed by atoms with Gasteiger partial charge in [0.25, 0.3) is 0 Å². The minimum Gasteiger partial charge on any atom is -0.489 e. The number of aryl methyl sites for hydroxylation is 1. The molecule has 0 radical (unpaired) electrons. The van der Waals surface area contributed by atoms with Gasteiger partial charge in [0.1, 0.15) is 17.9 Å². The van der Waals surface area contributed by atoms with Gasteiger partial charge in [0, 0.05) is 0 Å². The van der Waals surface area contributed by atoms with Gasteiger partial charge in [0.05, 0.1) is 12.1 Å². The smallest absolute Gasteiger partial charge is 0.329 e. The van der Waals surface area contributed by atoms with Crippen molar-refractivity contribution in [3.63, 3.8) is 0 Å². The van der Waals surface area contributed by atoms with Crippen molar-refractivity contribution in [1.82, 2.24) is 0 Å². The second kappa shape index (κ2) is 5.38. The van der Waals surface area contributed by atoms with Crippen molar-refractivity contribution in [3.8, 4) is 5.75 Å². The number of esters is 1. The van der Waals surface area contributed by atoms with Crippen LogP contribution >= 0.6 is 11.6 Å². The van der Waals surface area contributed by atoms with Gasteiger partial charge >= 0.3 is 5.97 Å². The minimum absolute atomic E-state index is 0.00282. The maximum atomic E-state index is 11.3. The molecule has 0 aromatic heterocycles. The summed E-state index contributed by atoms with van der Waals surface area (Å²) in [5, 5.41) is 0.483. The van der Waals surface area contributed by atoms with E-state index in [0.717, 1.165) is 5.56 Å². The first-order valence-electron chi connectivity index (χ1n) is 5.13. The number of hydrogen-bond acceptors (Lipinski definition) is 4. The molecular weight excluding hydrogens is 242 g/mol. The Balaban J connectivity index is 2.73. The van der Waals surface area contributed by atoms with Gasteiger partial charge in [-0.25, -0.2) is 4.79 Å². The molecule has 0 heterocycles. The Morgan fingerprint density at radius 2 is 2.18 bits per heavy atom. The van der Waals surface area contributed by atoms with Gasteiger partial charge in [-0.05, 0) is 31.5 Å². The van der Waals surface area contributed by atoms with Crippen molar-refractivity contribution < 1.29 is 14.3 Å². The largest absolute Gasteiger partial charge is 0.489 e. The summed E-state index contributed by atoms with van der Waals surface area (Å²) >= 11 is 5.96. The molecule has 0 amide bonds. The van der Waals surface area contributed by atoms with Gasteiger partial charge in [-0.15, -0.1) is 0 Å². The zero-order valence-corrected chi connectivity index (χ0v) is 10.9. The number of carbonyl (C=O) groups is 1. The summed E-state index contributed by atoms with van der Waals surface area (Å²) in [6.07, 6.45) is 0. The summed E-state index contributed by atoms with van der Waals surface area (Å²) in [5.41, 5.74) is 5.59. The van der Waals surface area contributed by atoms with Crippen LogP contribution in [0.4, 0.5) is 0 Å². The predicted molar refractivity (Wildman–Crippen MR) is 66.3 cm³/mol. The molecule has 0 spiro atoms. The van der Waals surface area contributed by atoms with Crippen molar-refractivity contribution in [2.24, 2.45) is 5.73 Å². The number of carbonyl (C=O) groups excluding carboxylic acids is 1. The second-order valence-corrected chi connectivity index (χ2v) is 4.54. The maximum absolute atomic E-state index is 11.3. The molecule has 0 aliphatic carbocycles. The highest BCUT2D eigenvalue weighted by Gasteiger charge is 2.30. The van der Waals surface area contributed by atoms with Gasteiger partial charge in [-0.2, -0.15) is 0 Å². The molecule has 0 saturated heterocycles. The number of hydrogen-bond donors (Lipinski definition) is 1. The number of benzene rings is 1. The van der Waals surface area contributed by atoms with E-state index in [0.29, 0.717) is 10.8 Å². The summed E-state index contributed by atoms with van der Waals surface area (Å²) in [6, 6.07) is 5.39. The number of ether oxygens (including phenoxy) is 2. The second-order valence-electron chi connectivity index (χ2n) is 4.13. The monoisotopic (exact) mass is 257 g/mol. The highest BCUT2D eigenvalue weighted by Crippen LogP contribution is 2.25. The van der Waals surface area contributed by atoms with Crippen molar-refractivity contribution in [2.45, 2.75) is 19.4 Å². The molecule has 5 heteroatoms.